The molecule has 13 heavy (non-hydrogen) atoms. The summed E-state index contributed by atoms with van der Waals surface area (Å²) in [7, 11) is 0. The summed E-state index contributed by atoms with van der Waals surface area (Å²) in [5.41, 5.74) is 1.20. The molecule has 1 nitrogen and oxygen atoms in total. The van der Waals surface area contributed by atoms with E-state index in [1.165, 1.54) is 21.1 Å². The molecule has 1 N–H and O–H groups in total. The molecule has 0 aliphatic heterocycles. The van der Waals surface area contributed by atoms with Gasteiger partial charge in [0.1, 0.15) is 4.83 Å². The number of aromatic amines is 1. The van der Waals surface area contributed by atoms with E-state index in [0.717, 1.165) is 4.47 Å². The van der Waals surface area contributed by atoms with Crippen LogP contribution < -0.4 is 0 Å². The number of hydrogen-bond acceptors (Lipinski definition) is 1. The van der Waals surface area contributed by atoms with Crippen molar-refractivity contribution in [3.63, 3.8) is 0 Å². The van der Waals surface area contributed by atoms with Gasteiger partial charge in [0.2, 0.25) is 0 Å². The summed E-state index contributed by atoms with van der Waals surface area (Å²) in [4.78, 5) is 4.64. The third-order valence-electron chi connectivity index (χ3n) is 2.19. The molecule has 3 rings (SSSR count). The zero-order chi connectivity index (χ0) is 8.84. The number of aromatic nitrogens is 1. The minimum absolute atomic E-state index is 1.12. The van der Waals surface area contributed by atoms with Crippen LogP contribution in [0.1, 0.15) is 0 Å². The van der Waals surface area contributed by atoms with Crippen molar-refractivity contribution >= 4 is 48.4 Å². The zero-order valence-corrected chi connectivity index (χ0v) is 9.08. The minimum Gasteiger partial charge on any atom is -0.346 e. The fourth-order valence-electron chi connectivity index (χ4n) is 1.60. The van der Waals surface area contributed by atoms with Gasteiger partial charge >= 0.3 is 0 Å². The van der Waals surface area contributed by atoms with E-state index in [1.807, 2.05) is 0 Å². The molecule has 0 saturated heterocycles. The third-order valence-corrected chi connectivity index (χ3v) is 3.51. The highest BCUT2D eigenvalue weighted by atomic mass is 79.9. The molecule has 0 bridgehead atoms. The molecule has 0 amide bonds. The van der Waals surface area contributed by atoms with Crippen LogP contribution in [0.3, 0.4) is 0 Å². The lowest BCUT2D eigenvalue weighted by molar-refractivity contribution is 1.57. The summed E-state index contributed by atoms with van der Waals surface area (Å²) in [5.74, 6) is 0. The monoisotopic (exact) mass is 251 g/mol. The van der Waals surface area contributed by atoms with Gasteiger partial charge in [-0.15, -0.1) is 11.3 Å². The molecule has 0 spiro atoms. The standard InChI is InChI=1S/C10H6BrNS/c11-6-1-2-7-8-3-4-13-10(8)12-9(7)5-6/h1-5,12H. The Hall–Kier alpha value is -0.800. The second-order valence-electron chi connectivity index (χ2n) is 2.98. The number of H-pyrrole nitrogens is 1. The van der Waals surface area contributed by atoms with E-state index in [1.54, 1.807) is 11.3 Å². The topological polar surface area (TPSA) is 15.8 Å². The van der Waals surface area contributed by atoms with Gasteiger partial charge in [-0.1, -0.05) is 22.0 Å². The van der Waals surface area contributed by atoms with Crippen LogP contribution in [0.15, 0.2) is 34.1 Å². The molecule has 3 aromatic rings. The molecule has 1 aromatic carbocycles. The highest BCUT2D eigenvalue weighted by Crippen LogP contribution is 2.30. The first-order chi connectivity index (χ1) is 6.34. The van der Waals surface area contributed by atoms with Gasteiger partial charge in [0.15, 0.2) is 0 Å². The maximum Gasteiger partial charge on any atom is 0.101 e. The highest BCUT2D eigenvalue weighted by molar-refractivity contribution is 9.10. The molecule has 0 fully saturated rings. The molecule has 0 atom stereocenters. The molecule has 0 aliphatic carbocycles. The first kappa shape index (κ1) is 7.59. The van der Waals surface area contributed by atoms with Crippen LogP contribution in [-0.4, -0.2) is 4.98 Å². The lowest BCUT2D eigenvalue weighted by Crippen LogP contribution is -1.67. The van der Waals surface area contributed by atoms with Gasteiger partial charge in [-0.2, -0.15) is 0 Å². The van der Waals surface area contributed by atoms with Gasteiger partial charge in [0, 0.05) is 20.8 Å². The molecule has 3 heteroatoms. The molecule has 0 radical (unpaired) electrons. The Bertz CT molecular complexity index is 579. The summed E-state index contributed by atoms with van der Waals surface area (Å²) in [6.07, 6.45) is 0. The Kier molecular flexibility index (Phi) is 1.51. The fraction of sp³-hybridized carbons (Fsp3) is 0. The van der Waals surface area contributed by atoms with E-state index >= 15 is 0 Å². The first-order valence-corrected chi connectivity index (χ1v) is 5.66. The number of thiophene rings is 1. The number of halogens is 1. The molecule has 0 unspecified atom stereocenters. The largest absolute Gasteiger partial charge is 0.346 e. The number of benzene rings is 1. The van der Waals surface area contributed by atoms with Crippen molar-refractivity contribution < 1.29 is 0 Å². The SMILES string of the molecule is Brc1ccc2c(c1)[nH]c1sccc12. The Morgan fingerprint density at radius 1 is 1.15 bits per heavy atom. The van der Waals surface area contributed by atoms with Crippen LogP contribution in [0.25, 0.3) is 21.1 Å². The van der Waals surface area contributed by atoms with Gasteiger partial charge in [0.05, 0.1) is 0 Å². The predicted molar refractivity (Wildman–Crippen MR) is 61.4 cm³/mol. The lowest BCUT2D eigenvalue weighted by atomic mass is 10.2. The lowest BCUT2D eigenvalue weighted by Gasteiger charge is -1.90. The van der Waals surface area contributed by atoms with Crippen molar-refractivity contribution in [3.05, 3.63) is 34.1 Å². The predicted octanol–water partition coefficient (Wildman–Crippen LogP) is 4.15. The molecule has 64 valence electrons. The van der Waals surface area contributed by atoms with Crippen molar-refractivity contribution in [1.29, 1.82) is 0 Å². The van der Waals surface area contributed by atoms with Crippen LogP contribution >= 0.6 is 27.3 Å². The molecular formula is C10H6BrNS. The van der Waals surface area contributed by atoms with E-state index in [9.17, 15) is 0 Å². The average Bonchev–Trinajstić information content (AvgIpc) is 2.62. The van der Waals surface area contributed by atoms with Crippen molar-refractivity contribution in [3.8, 4) is 0 Å². The molecule has 0 saturated carbocycles. The number of rotatable bonds is 0. The Morgan fingerprint density at radius 3 is 3.00 bits per heavy atom. The maximum absolute atomic E-state index is 3.46. The summed E-state index contributed by atoms with van der Waals surface area (Å²) < 4.78 is 1.12. The maximum atomic E-state index is 3.46. The number of nitrogens with one attached hydrogen (secondary N) is 1. The van der Waals surface area contributed by atoms with Gasteiger partial charge < -0.3 is 4.98 Å². The second kappa shape index (κ2) is 2.59. The summed E-state index contributed by atoms with van der Waals surface area (Å²) in [6, 6.07) is 8.49. The molecule has 2 aromatic heterocycles. The van der Waals surface area contributed by atoms with E-state index in [-0.39, 0.29) is 0 Å². The van der Waals surface area contributed by atoms with Crippen molar-refractivity contribution in [1.82, 2.24) is 4.98 Å². The van der Waals surface area contributed by atoms with E-state index < -0.39 is 0 Å². The highest BCUT2D eigenvalue weighted by Gasteiger charge is 2.04. The first-order valence-electron chi connectivity index (χ1n) is 3.99. The van der Waals surface area contributed by atoms with Gasteiger partial charge in [-0.05, 0) is 23.6 Å². The minimum atomic E-state index is 1.12. The van der Waals surface area contributed by atoms with E-state index in [0.29, 0.717) is 0 Å². The van der Waals surface area contributed by atoms with Crippen LogP contribution in [0, 0.1) is 0 Å². The average molecular weight is 252 g/mol. The van der Waals surface area contributed by atoms with Crippen molar-refractivity contribution in [2.75, 3.05) is 0 Å². The summed E-state index contributed by atoms with van der Waals surface area (Å²) in [6.45, 7) is 0. The Morgan fingerprint density at radius 2 is 2.08 bits per heavy atom. The van der Waals surface area contributed by atoms with Gasteiger partial charge in [-0.3, -0.25) is 0 Å². The van der Waals surface area contributed by atoms with Gasteiger partial charge in [-0.25, -0.2) is 0 Å². The van der Waals surface area contributed by atoms with Crippen molar-refractivity contribution in [2.24, 2.45) is 0 Å². The smallest absolute Gasteiger partial charge is 0.101 e. The number of hydrogen-bond donors (Lipinski definition) is 1. The quantitative estimate of drug-likeness (QED) is 0.618. The molecular weight excluding hydrogens is 246 g/mol. The second-order valence-corrected chi connectivity index (χ2v) is 4.81. The summed E-state index contributed by atoms with van der Waals surface area (Å²) in [5, 5.41) is 4.75. The third kappa shape index (κ3) is 1.04. The zero-order valence-electron chi connectivity index (χ0n) is 6.67. The van der Waals surface area contributed by atoms with Gasteiger partial charge in [0.25, 0.3) is 0 Å². The summed E-state index contributed by atoms with van der Waals surface area (Å²) >= 11 is 5.21. The van der Waals surface area contributed by atoms with Crippen LogP contribution in [0.2, 0.25) is 0 Å². The van der Waals surface area contributed by atoms with E-state index in [2.05, 4.69) is 50.6 Å². The Balaban J connectivity index is 2.59. The fourth-order valence-corrected chi connectivity index (χ4v) is 2.77. The Labute approximate surface area is 87.5 Å². The number of fused-ring (bicyclic) bond motifs is 3. The van der Waals surface area contributed by atoms with Crippen molar-refractivity contribution in [2.45, 2.75) is 0 Å². The van der Waals surface area contributed by atoms with Crippen LogP contribution in [-0.2, 0) is 0 Å². The van der Waals surface area contributed by atoms with Crippen LogP contribution in [0.4, 0.5) is 0 Å². The van der Waals surface area contributed by atoms with E-state index in [4.69, 9.17) is 0 Å². The molecule has 2 heterocycles. The normalized spacial score (nSPS) is 11.5. The molecule has 0 aliphatic rings. The van der Waals surface area contributed by atoms with Crippen LogP contribution in [0.5, 0.6) is 0 Å².